The van der Waals surface area contributed by atoms with E-state index in [2.05, 4.69) is 5.32 Å². The second-order valence-corrected chi connectivity index (χ2v) is 6.25. The van der Waals surface area contributed by atoms with E-state index in [1.807, 2.05) is 5.38 Å². The molecule has 0 amide bonds. The zero-order valence-electron chi connectivity index (χ0n) is 12.9. The van der Waals surface area contributed by atoms with Gasteiger partial charge in [0.1, 0.15) is 0 Å². The maximum absolute atomic E-state index is 11.8. The second kappa shape index (κ2) is 10.9. The van der Waals surface area contributed by atoms with Crippen LogP contribution in [0, 0.1) is 0 Å². The quantitative estimate of drug-likeness (QED) is 0.404. The van der Waals surface area contributed by atoms with Gasteiger partial charge in [0, 0.05) is 25.0 Å². The third kappa shape index (κ3) is 8.47. The molecule has 0 aliphatic carbocycles. The molecular formula is C16H21NO5S-2. The molecule has 128 valence electrons. The fraction of sp³-hybridized carbons (Fsp3) is 0.562. The standard InChI is InChI=1S/C16H23NO5S/c18-13(14-7-5-11-23-14)9-10-17-12(16(21)22)6-3-1-2-4-8-15(19)20/h5,7,11-12,17H,1-4,6,8-10H2,(H,19,20)(H,21,22)/p-2. The van der Waals surface area contributed by atoms with Gasteiger partial charge < -0.3 is 25.1 Å². The van der Waals surface area contributed by atoms with Crippen molar-refractivity contribution in [2.24, 2.45) is 0 Å². The molecule has 0 aromatic carbocycles. The third-order valence-corrected chi connectivity index (χ3v) is 4.36. The monoisotopic (exact) mass is 339 g/mol. The lowest BCUT2D eigenvalue weighted by atomic mass is 10.1. The molecule has 0 saturated carbocycles. The minimum Gasteiger partial charge on any atom is -0.550 e. The van der Waals surface area contributed by atoms with E-state index < -0.39 is 18.0 Å². The fourth-order valence-electron chi connectivity index (χ4n) is 2.19. The van der Waals surface area contributed by atoms with Crippen molar-refractivity contribution < 1.29 is 24.6 Å². The number of Topliss-reactive ketones (excluding diaryl/α,β-unsaturated/α-hetero) is 1. The maximum atomic E-state index is 11.8. The molecule has 0 bridgehead atoms. The number of ketones is 1. The van der Waals surface area contributed by atoms with Gasteiger partial charge in [0.05, 0.1) is 10.8 Å². The Morgan fingerprint density at radius 2 is 1.83 bits per heavy atom. The van der Waals surface area contributed by atoms with Crippen LogP contribution in [0.5, 0.6) is 0 Å². The number of carboxylic acid groups (broad SMARTS) is 2. The topological polar surface area (TPSA) is 109 Å². The molecule has 0 spiro atoms. The highest BCUT2D eigenvalue weighted by Crippen LogP contribution is 2.11. The van der Waals surface area contributed by atoms with Gasteiger partial charge in [0.15, 0.2) is 5.78 Å². The Bertz CT molecular complexity index is 501. The minimum absolute atomic E-state index is 0.00752. The molecule has 0 aliphatic rings. The summed E-state index contributed by atoms with van der Waals surface area (Å²) in [6, 6.07) is 2.76. The highest BCUT2D eigenvalue weighted by Gasteiger charge is 2.11. The lowest BCUT2D eigenvalue weighted by molar-refractivity contribution is -0.309. The van der Waals surface area contributed by atoms with Gasteiger partial charge in [0.2, 0.25) is 0 Å². The smallest absolute Gasteiger partial charge is 0.174 e. The Hall–Kier alpha value is -1.73. The lowest BCUT2D eigenvalue weighted by Crippen LogP contribution is -2.46. The Labute approximate surface area is 139 Å². The third-order valence-electron chi connectivity index (χ3n) is 3.45. The minimum atomic E-state index is -1.18. The van der Waals surface area contributed by atoms with Gasteiger partial charge in [-0.05, 0) is 30.7 Å². The number of unbranched alkanes of at least 4 members (excludes halogenated alkanes) is 3. The highest BCUT2D eigenvalue weighted by molar-refractivity contribution is 7.12. The van der Waals surface area contributed by atoms with Gasteiger partial charge >= 0.3 is 0 Å². The SMILES string of the molecule is O=C([O-])CCCCCCC(NCCC(=O)c1cccs1)C(=O)[O-]. The first-order chi connectivity index (χ1) is 11.0. The van der Waals surface area contributed by atoms with E-state index in [0.29, 0.717) is 30.7 Å². The largest absolute Gasteiger partial charge is 0.550 e. The van der Waals surface area contributed by atoms with Crippen molar-refractivity contribution in [3.63, 3.8) is 0 Å². The van der Waals surface area contributed by atoms with Crippen LogP contribution in [0.3, 0.4) is 0 Å². The zero-order chi connectivity index (χ0) is 17.1. The molecule has 1 aromatic heterocycles. The number of thiophene rings is 1. The summed E-state index contributed by atoms with van der Waals surface area (Å²) in [4.78, 5) is 33.8. The van der Waals surface area contributed by atoms with Crippen LogP contribution in [-0.2, 0) is 9.59 Å². The molecule has 1 rings (SSSR count). The number of nitrogens with one attached hydrogen (secondary N) is 1. The molecule has 1 N–H and O–H groups in total. The number of rotatable bonds is 13. The Morgan fingerprint density at radius 3 is 2.43 bits per heavy atom. The molecule has 23 heavy (non-hydrogen) atoms. The number of carboxylic acids is 2. The van der Waals surface area contributed by atoms with Gasteiger partial charge in [-0.1, -0.05) is 25.3 Å². The summed E-state index contributed by atoms with van der Waals surface area (Å²) in [5.41, 5.74) is 0. The van der Waals surface area contributed by atoms with Crippen LogP contribution in [0.25, 0.3) is 0 Å². The van der Waals surface area contributed by atoms with Gasteiger partial charge in [-0.2, -0.15) is 0 Å². The van der Waals surface area contributed by atoms with Crippen LogP contribution in [0.1, 0.15) is 54.6 Å². The molecule has 6 nitrogen and oxygen atoms in total. The number of hydrogen-bond donors (Lipinski definition) is 1. The summed E-state index contributed by atoms with van der Waals surface area (Å²) < 4.78 is 0. The maximum Gasteiger partial charge on any atom is 0.174 e. The molecular weight excluding hydrogens is 318 g/mol. The Kier molecular flexibility index (Phi) is 9.16. The predicted octanol–water partition coefficient (Wildman–Crippen LogP) is 0.119. The van der Waals surface area contributed by atoms with E-state index in [0.717, 1.165) is 12.8 Å². The van der Waals surface area contributed by atoms with E-state index in [4.69, 9.17) is 0 Å². The van der Waals surface area contributed by atoms with Crippen molar-refractivity contribution in [1.29, 1.82) is 0 Å². The molecule has 1 heterocycles. The molecule has 0 fully saturated rings. The van der Waals surface area contributed by atoms with E-state index in [1.165, 1.54) is 11.3 Å². The predicted molar refractivity (Wildman–Crippen MR) is 82.8 cm³/mol. The molecule has 7 heteroatoms. The van der Waals surface area contributed by atoms with E-state index in [-0.39, 0.29) is 18.6 Å². The second-order valence-electron chi connectivity index (χ2n) is 5.30. The summed E-state index contributed by atoms with van der Waals surface area (Å²) >= 11 is 1.37. The van der Waals surface area contributed by atoms with E-state index >= 15 is 0 Å². The van der Waals surface area contributed by atoms with Crippen LogP contribution < -0.4 is 15.5 Å². The normalized spacial score (nSPS) is 12.0. The van der Waals surface area contributed by atoms with Crippen LogP contribution >= 0.6 is 11.3 Å². The van der Waals surface area contributed by atoms with Crippen molar-refractivity contribution in [1.82, 2.24) is 5.32 Å². The molecule has 1 aromatic rings. The molecule has 0 aliphatic heterocycles. The Balaban J connectivity index is 2.18. The molecule has 1 unspecified atom stereocenters. The Morgan fingerprint density at radius 1 is 1.09 bits per heavy atom. The first-order valence-corrected chi connectivity index (χ1v) is 8.59. The number of carbonyl (C=O) groups excluding carboxylic acids is 3. The first kappa shape index (κ1) is 19.3. The van der Waals surface area contributed by atoms with Gasteiger partial charge in [-0.3, -0.25) is 4.79 Å². The molecule has 0 saturated heterocycles. The molecule has 1 atom stereocenters. The van der Waals surface area contributed by atoms with E-state index in [1.54, 1.807) is 12.1 Å². The van der Waals surface area contributed by atoms with Crippen LogP contribution in [0.4, 0.5) is 0 Å². The summed E-state index contributed by atoms with van der Waals surface area (Å²) in [5, 5.41) is 26.0. The van der Waals surface area contributed by atoms with Crippen molar-refractivity contribution in [3.05, 3.63) is 22.4 Å². The van der Waals surface area contributed by atoms with Gasteiger partial charge in [-0.25, -0.2) is 0 Å². The van der Waals surface area contributed by atoms with Crippen molar-refractivity contribution in [3.8, 4) is 0 Å². The summed E-state index contributed by atoms with van der Waals surface area (Å²) in [5.74, 6) is -2.25. The van der Waals surface area contributed by atoms with E-state index in [9.17, 15) is 24.6 Å². The van der Waals surface area contributed by atoms with Crippen LogP contribution in [0.2, 0.25) is 0 Å². The van der Waals surface area contributed by atoms with Crippen molar-refractivity contribution in [2.45, 2.75) is 51.0 Å². The lowest BCUT2D eigenvalue weighted by Gasteiger charge is -2.19. The summed E-state index contributed by atoms with van der Waals surface area (Å²) in [6.45, 7) is 0.292. The van der Waals surface area contributed by atoms with Crippen LogP contribution in [-0.4, -0.2) is 30.3 Å². The fourth-order valence-corrected chi connectivity index (χ4v) is 2.89. The van der Waals surface area contributed by atoms with Crippen molar-refractivity contribution >= 4 is 29.1 Å². The highest BCUT2D eigenvalue weighted by atomic mass is 32.1. The van der Waals surface area contributed by atoms with Crippen molar-refractivity contribution in [2.75, 3.05) is 6.54 Å². The first-order valence-electron chi connectivity index (χ1n) is 7.71. The van der Waals surface area contributed by atoms with Crippen LogP contribution in [0.15, 0.2) is 17.5 Å². The summed E-state index contributed by atoms with van der Waals surface area (Å²) in [7, 11) is 0. The number of hydrogen-bond acceptors (Lipinski definition) is 7. The number of aliphatic carboxylic acids is 2. The zero-order valence-corrected chi connectivity index (χ0v) is 13.7. The number of carbonyl (C=O) groups is 3. The summed E-state index contributed by atoms with van der Waals surface area (Å²) in [6.07, 6.45) is 3.37. The van der Waals surface area contributed by atoms with Gasteiger partial charge in [-0.15, -0.1) is 11.3 Å². The molecule has 0 radical (unpaired) electrons. The average Bonchev–Trinajstić information content (AvgIpc) is 3.02. The average molecular weight is 339 g/mol. The van der Waals surface area contributed by atoms with Gasteiger partial charge in [0.25, 0.3) is 0 Å².